The third-order valence-corrected chi connectivity index (χ3v) is 4.59. The largest absolute Gasteiger partial charge is 0.393 e. The van der Waals surface area contributed by atoms with Crippen LogP contribution < -0.4 is 16.0 Å². The Morgan fingerprint density at radius 2 is 1.84 bits per heavy atom. The number of rotatable bonds is 3. The van der Waals surface area contributed by atoms with Gasteiger partial charge in [-0.05, 0) is 48.7 Å². The lowest BCUT2D eigenvalue weighted by atomic mass is 10.0. The zero-order valence-corrected chi connectivity index (χ0v) is 14.4. The van der Waals surface area contributed by atoms with E-state index in [-0.39, 0.29) is 0 Å². The molecule has 3 N–H and O–H groups in total. The molecule has 2 heterocycles. The fourth-order valence-electron chi connectivity index (χ4n) is 3.12. The number of aromatic nitrogens is 2. The summed E-state index contributed by atoms with van der Waals surface area (Å²) in [6.07, 6.45) is 3.69. The van der Waals surface area contributed by atoms with Gasteiger partial charge >= 0.3 is 0 Å². The van der Waals surface area contributed by atoms with E-state index in [1.54, 1.807) is 6.33 Å². The minimum absolute atomic E-state index is 0.536. The molecule has 0 radical (unpaired) electrons. The van der Waals surface area contributed by atoms with E-state index in [9.17, 15) is 0 Å². The fourth-order valence-corrected chi connectivity index (χ4v) is 3.25. The molecule has 5 nitrogen and oxygen atoms in total. The Balaban J connectivity index is 1.69. The maximum Gasteiger partial charge on any atom is 0.161 e. The molecular weight excluding hydrogens is 334 g/mol. The van der Waals surface area contributed by atoms with E-state index in [0.717, 1.165) is 36.6 Å². The number of hydrogen-bond donors (Lipinski definition) is 2. The first kappa shape index (κ1) is 15.7. The van der Waals surface area contributed by atoms with E-state index in [2.05, 4.69) is 38.4 Å². The molecule has 2 aromatic carbocycles. The van der Waals surface area contributed by atoms with Crippen molar-refractivity contribution in [2.75, 3.05) is 22.5 Å². The van der Waals surface area contributed by atoms with Crippen molar-refractivity contribution in [2.45, 2.75) is 12.8 Å². The van der Waals surface area contributed by atoms with Crippen molar-refractivity contribution in [2.24, 2.45) is 0 Å². The minimum Gasteiger partial charge on any atom is -0.393 e. The van der Waals surface area contributed by atoms with Gasteiger partial charge in [0, 0.05) is 22.9 Å². The Morgan fingerprint density at radius 3 is 2.68 bits per heavy atom. The predicted molar refractivity (Wildman–Crippen MR) is 103 cm³/mol. The first-order chi connectivity index (χ1) is 12.2. The van der Waals surface area contributed by atoms with Gasteiger partial charge < -0.3 is 16.0 Å². The molecule has 0 aliphatic carbocycles. The summed E-state index contributed by atoms with van der Waals surface area (Å²) in [6, 6.07) is 15.8. The van der Waals surface area contributed by atoms with Gasteiger partial charge in [0.25, 0.3) is 0 Å². The summed E-state index contributed by atoms with van der Waals surface area (Å²) < 4.78 is 0. The lowest BCUT2D eigenvalue weighted by Gasteiger charge is -2.31. The summed E-state index contributed by atoms with van der Waals surface area (Å²) in [6.45, 7) is 0.888. The van der Waals surface area contributed by atoms with Crippen LogP contribution in [0.3, 0.4) is 0 Å². The number of benzene rings is 2. The third kappa shape index (κ3) is 3.10. The number of nitrogen functional groups attached to an aromatic ring is 1. The van der Waals surface area contributed by atoms with Crippen molar-refractivity contribution in [3.05, 3.63) is 65.4 Å². The maximum atomic E-state index is 6.39. The molecule has 0 amide bonds. The first-order valence-electron chi connectivity index (χ1n) is 8.21. The minimum atomic E-state index is 0.536. The quantitative estimate of drug-likeness (QED) is 0.725. The second kappa shape index (κ2) is 6.61. The number of nitrogens with one attached hydrogen (secondary N) is 1. The Kier molecular flexibility index (Phi) is 4.15. The van der Waals surface area contributed by atoms with Gasteiger partial charge in [-0.15, -0.1) is 0 Å². The zero-order chi connectivity index (χ0) is 17.2. The van der Waals surface area contributed by atoms with Crippen LogP contribution in [0.4, 0.5) is 28.7 Å². The average Bonchev–Trinajstić information content (AvgIpc) is 2.65. The number of hydrogen-bond acceptors (Lipinski definition) is 5. The monoisotopic (exact) mass is 351 g/mol. The van der Waals surface area contributed by atoms with Gasteiger partial charge in [0.15, 0.2) is 11.6 Å². The van der Waals surface area contributed by atoms with Gasteiger partial charge in [-0.2, -0.15) is 0 Å². The summed E-state index contributed by atoms with van der Waals surface area (Å²) in [5.74, 6) is 1.33. The van der Waals surface area contributed by atoms with Crippen LogP contribution in [0.5, 0.6) is 0 Å². The Bertz CT molecular complexity index is 895. The highest BCUT2D eigenvalue weighted by atomic mass is 35.5. The molecule has 0 saturated carbocycles. The van der Waals surface area contributed by atoms with Gasteiger partial charge in [0.1, 0.15) is 12.0 Å². The number of nitrogens with two attached hydrogens (primary N) is 1. The Labute approximate surface area is 151 Å². The van der Waals surface area contributed by atoms with Crippen LogP contribution in [0, 0.1) is 0 Å². The highest BCUT2D eigenvalue weighted by Gasteiger charge is 2.22. The van der Waals surface area contributed by atoms with E-state index in [4.69, 9.17) is 17.3 Å². The predicted octanol–water partition coefficient (Wildman–Crippen LogP) is 4.54. The molecule has 0 unspecified atom stereocenters. The molecule has 0 fully saturated rings. The van der Waals surface area contributed by atoms with Gasteiger partial charge in [-0.3, -0.25) is 0 Å². The molecule has 1 aliphatic heterocycles. The highest BCUT2D eigenvalue weighted by Crippen LogP contribution is 2.37. The number of aryl methyl sites for hydroxylation is 1. The topological polar surface area (TPSA) is 67.1 Å². The zero-order valence-electron chi connectivity index (χ0n) is 13.6. The number of halogens is 1. The van der Waals surface area contributed by atoms with Crippen molar-refractivity contribution < 1.29 is 0 Å². The van der Waals surface area contributed by atoms with Crippen LogP contribution >= 0.6 is 11.6 Å². The van der Waals surface area contributed by atoms with Crippen molar-refractivity contribution in [1.29, 1.82) is 0 Å². The number of nitrogens with zero attached hydrogens (tertiary/aromatic N) is 3. The fraction of sp³-hybridized carbons (Fsp3) is 0.158. The van der Waals surface area contributed by atoms with Crippen LogP contribution in [0.2, 0.25) is 5.02 Å². The molecular formula is C19H18ClN5. The Morgan fingerprint density at radius 1 is 1.04 bits per heavy atom. The van der Waals surface area contributed by atoms with E-state index in [1.807, 2.05) is 30.3 Å². The van der Waals surface area contributed by atoms with Gasteiger partial charge in [0.2, 0.25) is 0 Å². The summed E-state index contributed by atoms with van der Waals surface area (Å²) in [4.78, 5) is 10.9. The average molecular weight is 352 g/mol. The lowest BCUT2D eigenvalue weighted by Crippen LogP contribution is -2.26. The van der Waals surface area contributed by atoms with Crippen LogP contribution in [0.15, 0.2) is 54.9 Å². The molecule has 6 heteroatoms. The smallest absolute Gasteiger partial charge is 0.161 e. The first-order valence-corrected chi connectivity index (χ1v) is 8.58. The number of fused-ring (bicyclic) bond motifs is 1. The molecule has 25 heavy (non-hydrogen) atoms. The van der Waals surface area contributed by atoms with Crippen molar-refractivity contribution in [3.8, 4) is 0 Å². The van der Waals surface area contributed by atoms with Crippen LogP contribution in [0.25, 0.3) is 0 Å². The van der Waals surface area contributed by atoms with E-state index >= 15 is 0 Å². The molecule has 0 spiro atoms. The number of anilines is 5. The van der Waals surface area contributed by atoms with Gasteiger partial charge in [0.05, 0.1) is 0 Å². The molecule has 1 aromatic heterocycles. The molecule has 4 rings (SSSR count). The molecule has 3 aromatic rings. The standard InChI is InChI=1S/C19H18ClN5/c20-14-7-9-15(10-8-14)24-18-17(21)19(23-12-22-18)25-11-3-5-13-4-1-2-6-16(13)25/h1-2,4,6-10,12H,3,5,11,21H2,(H,22,23,24). The van der Waals surface area contributed by atoms with Crippen LogP contribution in [-0.2, 0) is 6.42 Å². The van der Waals surface area contributed by atoms with Crippen molar-refractivity contribution >= 4 is 40.3 Å². The highest BCUT2D eigenvalue weighted by molar-refractivity contribution is 6.30. The molecule has 1 aliphatic rings. The number of para-hydroxylation sites is 1. The SMILES string of the molecule is Nc1c(Nc2ccc(Cl)cc2)ncnc1N1CCCc2ccccc21. The summed E-state index contributed by atoms with van der Waals surface area (Å²) in [7, 11) is 0. The molecule has 0 bridgehead atoms. The third-order valence-electron chi connectivity index (χ3n) is 4.34. The maximum absolute atomic E-state index is 6.39. The molecule has 0 atom stereocenters. The van der Waals surface area contributed by atoms with Crippen LogP contribution in [0.1, 0.15) is 12.0 Å². The van der Waals surface area contributed by atoms with Crippen molar-refractivity contribution in [3.63, 3.8) is 0 Å². The van der Waals surface area contributed by atoms with E-state index in [0.29, 0.717) is 16.5 Å². The lowest BCUT2D eigenvalue weighted by molar-refractivity contribution is 0.759. The summed E-state index contributed by atoms with van der Waals surface area (Å²) in [5.41, 5.74) is 10.3. The molecule has 0 saturated heterocycles. The van der Waals surface area contributed by atoms with E-state index < -0.39 is 0 Å². The van der Waals surface area contributed by atoms with E-state index in [1.165, 1.54) is 5.56 Å². The summed E-state index contributed by atoms with van der Waals surface area (Å²) >= 11 is 5.94. The molecule has 126 valence electrons. The second-order valence-corrected chi connectivity index (χ2v) is 6.41. The van der Waals surface area contributed by atoms with Crippen LogP contribution in [-0.4, -0.2) is 16.5 Å². The summed E-state index contributed by atoms with van der Waals surface area (Å²) in [5, 5.41) is 3.93. The second-order valence-electron chi connectivity index (χ2n) is 5.98. The Hall–Kier alpha value is -2.79. The van der Waals surface area contributed by atoms with Crippen molar-refractivity contribution in [1.82, 2.24) is 9.97 Å². The van der Waals surface area contributed by atoms with Gasteiger partial charge in [-0.25, -0.2) is 9.97 Å². The normalized spacial score (nSPS) is 13.4. The van der Waals surface area contributed by atoms with Gasteiger partial charge in [-0.1, -0.05) is 29.8 Å².